The minimum Gasteiger partial charge on any atom is -0.508 e. The molecule has 0 radical (unpaired) electrons. The van der Waals surface area contributed by atoms with E-state index in [1.54, 1.807) is 6.92 Å². The van der Waals surface area contributed by atoms with E-state index in [4.69, 9.17) is 5.11 Å². The number of aromatic hydroxyl groups is 1. The Balaban J connectivity index is 2.65. The molecule has 104 valence electrons. The van der Waals surface area contributed by atoms with E-state index in [0.717, 1.165) is 0 Å². The molecule has 1 unspecified atom stereocenters. The highest BCUT2D eigenvalue weighted by Crippen LogP contribution is 2.17. The summed E-state index contributed by atoms with van der Waals surface area (Å²) in [6, 6.07) is 4.36. The molecule has 0 fully saturated rings. The monoisotopic (exact) mass is 267 g/mol. The molecule has 0 aliphatic rings. The van der Waals surface area contributed by atoms with Crippen LogP contribution in [0.4, 0.5) is 0 Å². The van der Waals surface area contributed by atoms with E-state index in [1.165, 1.54) is 25.1 Å². The van der Waals surface area contributed by atoms with Gasteiger partial charge in [-0.3, -0.25) is 9.59 Å². The number of aliphatic hydroxyl groups is 1. The molecule has 4 N–H and O–H groups in total. The number of nitrogens with one attached hydrogen (secondary N) is 1. The molecule has 0 aliphatic heterocycles. The molecule has 0 saturated heterocycles. The molecule has 0 saturated carbocycles. The van der Waals surface area contributed by atoms with Gasteiger partial charge in [0.25, 0.3) is 5.91 Å². The fraction of sp³-hybridized carbons (Fsp3) is 0.385. The molecule has 1 aromatic rings. The van der Waals surface area contributed by atoms with E-state index in [9.17, 15) is 19.8 Å². The van der Waals surface area contributed by atoms with Crippen molar-refractivity contribution in [1.29, 1.82) is 0 Å². The van der Waals surface area contributed by atoms with Gasteiger partial charge in [0.2, 0.25) is 0 Å². The van der Waals surface area contributed by atoms with E-state index < -0.39 is 23.9 Å². The Kier molecular flexibility index (Phi) is 4.50. The van der Waals surface area contributed by atoms with E-state index in [0.29, 0.717) is 11.1 Å². The lowest BCUT2D eigenvalue weighted by Crippen LogP contribution is -2.42. The van der Waals surface area contributed by atoms with E-state index in [2.05, 4.69) is 5.32 Å². The van der Waals surface area contributed by atoms with Crippen LogP contribution in [0.2, 0.25) is 0 Å². The Labute approximate surface area is 110 Å². The van der Waals surface area contributed by atoms with Crippen molar-refractivity contribution in [2.45, 2.75) is 25.9 Å². The Bertz CT molecular complexity index is 496. The van der Waals surface area contributed by atoms with Gasteiger partial charge >= 0.3 is 5.97 Å². The number of rotatable bonds is 5. The molecule has 1 atom stereocenters. The third-order valence-corrected chi connectivity index (χ3v) is 2.62. The standard InChI is InChI=1S/C13H17NO5/c1-8-5-9(3-4-10(8)15)12(18)14-7-13(2,19)6-11(16)17/h3-5,15,19H,6-7H2,1-2H3,(H,14,18)(H,16,17). The third kappa shape index (κ3) is 4.59. The van der Waals surface area contributed by atoms with Crippen LogP contribution < -0.4 is 5.32 Å². The number of hydrogen-bond acceptors (Lipinski definition) is 4. The summed E-state index contributed by atoms with van der Waals surface area (Å²) in [6.07, 6.45) is -0.456. The van der Waals surface area contributed by atoms with Crippen LogP contribution in [-0.4, -0.2) is 39.3 Å². The van der Waals surface area contributed by atoms with Gasteiger partial charge in [0.15, 0.2) is 0 Å². The second-order valence-electron chi connectivity index (χ2n) is 4.75. The second-order valence-corrected chi connectivity index (χ2v) is 4.75. The average molecular weight is 267 g/mol. The lowest BCUT2D eigenvalue weighted by molar-refractivity contribution is -0.141. The number of hydrogen-bond donors (Lipinski definition) is 4. The maximum Gasteiger partial charge on any atom is 0.306 e. The van der Waals surface area contributed by atoms with Crippen molar-refractivity contribution < 1.29 is 24.9 Å². The van der Waals surface area contributed by atoms with Gasteiger partial charge in [0.05, 0.1) is 12.0 Å². The SMILES string of the molecule is Cc1cc(C(=O)NCC(C)(O)CC(=O)O)ccc1O. The first-order valence-electron chi connectivity index (χ1n) is 5.73. The molecule has 0 aromatic heterocycles. The van der Waals surface area contributed by atoms with Crippen LogP contribution in [0.5, 0.6) is 5.75 Å². The molecule has 0 heterocycles. The first-order valence-corrected chi connectivity index (χ1v) is 5.73. The number of phenolic OH excluding ortho intramolecular Hbond substituents is 1. The summed E-state index contributed by atoms with van der Waals surface area (Å²) < 4.78 is 0. The van der Waals surface area contributed by atoms with Crippen molar-refractivity contribution in [1.82, 2.24) is 5.32 Å². The molecule has 6 heteroatoms. The average Bonchev–Trinajstić information content (AvgIpc) is 2.28. The zero-order valence-corrected chi connectivity index (χ0v) is 10.8. The van der Waals surface area contributed by atoms with Crippen LogP contribution in [0, 0.1) is 6.92 Å². The minimum absolute atomic E-state index is 0.0921. The van der Waals surface area contributed by atoms with Crippen molar-refractivity contribution in [3.63, 3.8) is 0 Å². The highest BCUT2D eigenvalue weighted by Gasteiger charge is 2.25. The highest BCUT2D eigenvalue weighted by molar-refractivity contribution is 5.94. The normalized spacial score (nSPS) is 13.6. The van der Waals surface area contributed by atoms with Gasteiger partial charge in [-0.2, -0.15) is 0 Å². The summed E-state index contributed by atoms with van der Waals surface area (Å²) in [4.78, 5) is 22.3. The van der Waals surface area contributed by atoms with Crippen molar-refractivity contribution in [3.8, 4) is 5.75 Å². The molecule has 0 spiro atoms. The van der Waals surface area contributed by atoms with Gasteiger partial charge < -0.3 is 20.6 Å². The topological polar surface area (TPSA) is 107 Å². The summed E-state index contributed by atoms with van der Waals surface area (Å²) in [5.74, 6) is -1.48. The summed E-state index contributed by atoms with van der Waals surface area (Å²) in [6.45, 7) is 2.83. The lowest BCUT2D eigenvalue weighted by Gasteiger charge is -2.21. The molecule has 6 nitrogen and oxygen atoms in total. The number of benzene rings is 1. The molecule has 0 aliphatic carbocycles. The van der Waals surface area contributed by atoms with Crippen molar-refractivity contribution in [2.24, 2.45) is 0 Å². The van der Waals surface area contributed by atoms with Crippen molar-refractivity contribution >= 4 is 11.9 Å². The molecular formula is C13H17NO5. The zero-order chi connectivity index (χ0) is 14.6. The number of aryl methyl sites for hydroxylation is 1. The highest BCUT2D eigenvalue weighted by atomic mass is 16.4. The summed E-state index contributed by atoms with van der Waals surface area (Å²) in [5.41, 5.74) is -0.612. The molecular weight excluding hydrogens is 250 g/mol. The number of carboxylic acids is 1. The number of amides is 1. The molecule has 0 bridgehead atoms. The molecule has 1 rings (SSSR count). The van der Waals surface area contributed by atoms with Gasteiger partial charge in [0.1, 0.15) is 5.75 Å². The Morgan fingerprint density at radius 3 is 2.53 bits per heavy atom. The largest absolute Gasteiger partial charge is 0.508 e. The quantitative estimate of drug-likeness (QED) is 0.627. The maximum absolute atomic E-state index is 11.8. The first-order chi connectivity index (χ1) is 8.71. The molecule has 19 heavy (non-hydrogen) atoms. The Hall–Kier alpha value is -2.08. The van der Waals surface area contributed by atoms with E-state index in [1.807, 2.05) is 0 Å². The smallest absolute Gasteiger partial charge is 0.306 e. The minimum atomic E-state index is -1.51. The predicted molar refractivity (Wildman–Crippen MR) is 68.1 cm³/mol. The fourth-order valence-electron chi connectivity index (χ4n) is 1.56. The first kappa shape index (κ1) is 15.0. The molecule has 1 aromatic carbocycles. The van der Waals surface area contributed by atoms with E-state index in [-0.39, 0.29) is 12.3 Å². The summed E-state index contributed by atoms with van der Waals surface area (Å²) in [7, 11) is 0. The lowest BCUT2D eigenvalue weighted by atomic mass is 10.0. The zero-order valence-electron chi connectivity index (χ0n) is 10.8. The van der Waals surface area contributed by atoms with Crippen molar-refractivity contribution in [3.05, 3.63) is 29.3 Å². The van der Waals surface area contributed by atoms with Gasteiger partial charge in [-0.05, 0) is 37.6 Å². The van der Waals surface area contributed by atoms with Gasteiger partial charge in [-0.1, -0.05) is 0 Å². The van der Waals surface area contributed by atoms with Crippen LogP contribution in [-0.2, 0) is 4.79 Å². The van der Waals surface area contributed by atoms with Crippen LogP contribution >= 0.6 is 0 Å². The van der Waals surface area contributed by atoms with Gasteiger partial charge in [0, 0.05) is 12.1 Å². The van der Waals surface area contributed by atoms with Gasteiger partial charge in [-0.15, -0.1) is 0 Å². The van der Waals surface area contributed by atoms with Crippen LogP contribution in [0.25, 0.3) is 0 Å². The fourth-order valence-corrected chi connectivity index (χ4v) is 1.56. The maximum atomic E-state index is 11.8. The van der Waals surface area contributed by atoms with Crippen molar-refractivity contribution in [2.75, 3.05) is 6.54 Å². The summed E-state index contributed by atoms with van der Waals surface area (Å²) in [5, 5.41) is 30.1. The predicted octanol–water partition coefficient (Wildman–Crippen LogP) is 0.656. The Morgan fingerprint density at radius 2 is 2.00 bits per heavy atom. The Morgan fingerprint density at radius 1 is 1.37 bits per heavy atom. The number of carbonyl (C=O) groups is 2. The number of carbonyl (C=O) groups excluding carboxylic acids is 1. The molecule has 1 amide bonds. The number of phenols is 1. The second kappa shape index (κ2) is 5.71. The number of carboxylic acid groups (broad SMARTS) is 1. The summed E-state index contributed by atoms with van der Waals surface area (Å²) >= 11 is 0. The third-order valence-electron chi connectivity index (χ3n) is 2.62. The van der Waals surface area contributed by atoms with Crippen LogP contribution in [0.3, 0.4) is 0 Å². The van der Waals surface area contributed by atoms with Crippen LogP contribution in [0.1, 0.15) is 29.3 Å². The van der Waals surface area contributed by atoms with E-state index >= 15 is 0 Å². The van der Waals surface area contributed by atoms with Gasteiger partial charge in [-0.25, -0.2) is 0 Å². The number of aliphatic carboxylic acids is 1. The van der Waals surface area contributed by atoms with Crippen LogP contribution in [0.15, 0.2) is 18.2 Å².